The quantitative estimate of drug-likeness (QED) is 0.774. The van der Waals surface area contributed by atoms with E-state index in [0.29, 0.717) is 16.7 Å². The molecule has 0 aromatic heterocycles. The molecule has 4 nitrogen and oxygen atoms in total. The number of hydrogen-bond donors (Lipinski definition) is 2. The smallest absolute Gasteiger partial charge is 0.257 e. The molecule has 1 aromatic carbocycles. The van der Waals surface area contributed by atoms with Crippen LogP contribution in [0.5, 0.6) is 5.75 Å². The summed E-state index contributed by atoms with van der Waals surface area (Å²) in [5.74, 6) is 1.94. The van der Waals surface area contributed by atoms with Gasteiger partial charge in [0.25, 0.3) is 5.91 Å². The lowest BCUT2D eigenvalue weighted by atomic mass is 10.2. The summed E-state index contributed by atoms with van der Waals surface area (Å²) in [7, 11) is 0. The first kappa shape index (κ1) is 13.8. The average molecular weight is 278 g/mol. The molecule has 0 aliphatic heterocycles. The van der Waals surface area contributed by atoms with Gasteiger partial charge in [-0.05, 0) is 42.5 Å². The van der Waals surface area contributed by atoms with Gasteiger partial charge in [-0.15, -0.1) is 0 Å². The Hall–Kier alpha value is -1.62. The Balaban J connectivity index is 1.72. The van der Waals surface area contributed by atoms with Crippen molar-refractivity contribution >= 4 is 23.1 Å². The number of nitrogens with one attached hydrogen (secondary N) is 1. The number of thiocarbonyl (C=S) groups is 1. The molecule has 1 aromatic rings. The van der Waals surface area contributed by atoms with Crippen molar-refractivity contribution in [2.75, 3.05) is 13.2 Å². The lowest BCUT2D eigenvalue weighted by Crippen LogP contribution is -2.30. The largest absolute Gasteiger partial charge is 0.484 e. The van der Waals surface area contributed by atoms with Gasteiger partial charge in [-0.2, -0.15) is 0 Å². The highest BCUT2D eigenvalue weighted by atomic mass is 32.1. The average Bonchev–Trinajstić information content (AvgIpc) is 3.10. The summed E-state index contributed by atoms with van der Waals surface area (Å²) in [6.45, 7) is 2.98. The Bertz CT molecular complexity index is 473. The minimum atomic E-state index is -0.0856. The fourth-order valence-electron chi connectivity index (χ4n) is 1.84. The maximum Gasteiger partial charge on any atom is 0.257 e. The topological polar surface area (TPSA) is 64.3 Å². The number of carbonyl (C=O) groups is 1. The number of carbonyl (C=O) groups excluding carboxylic acids is 1. The molecule has 1 fully saturated rings. The van der Waals surface area contributed by atoms with Gasteiger partial charge in [0.1, 0.15) is 10.7 Å². The van der Waals surface area contributed by atoms with Crippen LogP contribution >= 0.6 is 12.2 Å². The molecule has 0 radical (unpaired) electrons. The fourth-order valence-corrected chi connectivity index (χ4v) is 1.98. The third kappa shape index (κ3) is 4.21. The summed E-state index contributed by atoms with van der Waals surface area (Å²) in [4.78, 5) is 11.9. The molecule has 1 amide bonds. The van der Waals surface area contributed by atoms with Crippen molar-refractivity contribution in [3.05, 3.63) is 29.8 Å². The molecule has 0 heterocycles. The number of hydrogen-bond acceptors (Lipinski definition) is 3. The molecule has 2 atom stereocenters. The van der Waals surface area contributed by atoms with Gasteiger partial charge >= 0.3 is 0 Å². The zero-order valence-corrected chi connectivity index (χ0v) is 11.7. The van der Waals surface area contributed by atoms with Gasteiger partial charge in [-0.25, -0.2) is 0 Å². The van der Waals surface area contributed by atoms with E-state index in [-0.39, 0.29) is 12.5 Å². The predicted molar refractivity (Wildman–Crippen MR) is 78.1 cm³/mol. The molecule has 1 aliphatic rings. The summed E-state index contributed by atoms with van der Waals surface area (Å²) >= 11 is 4.86. The van der Waals surface area contributed by atoms with Crippen molar-refractivity contribution in [2.24, 2.45) is 17.6 Å². The number of ether oxygens (including phenoxy) is 1. The molecule has 1 saturated carbocycles. The number of benzene rings is 1. The molecule has 0 saturated heterocycles. The van der Waals surface area contributed by atoms with E-state index < -0.39 is 0 Å². The molecular formula is C14H18N2O2S. The zero-order chi connectivity index (χ0) is 13.8. The lowest BCUT2D eigenvalue weighted by molar-refractivity contribution is -0.123. The van der Waals surface area contributed by atoms with Gasteiger partial charge in [0.15, 0.2) is 6.61 Å². The van der Waals surface area contributed by atoms with Crippen LogP contribution in [-0.2, 0) is 4.79 Å². The first-order chi connectivity index (χ1) is 9.06. The van der Waals surface area contributed by atoms with Crippen molar-refractivity contribution in [3.8, 4) is 5.75 Å². The number of amides is 1. The minimum absolute atomic E-state index is 0.0352. The van der Waals surface area contributed by atoms with E-state index in [2.05, 4.69) is 12.2 Å². The first-order valence-corrected chi connectivity index (χ1v) is 6.76. The highest BCUT2D eigenvalue weighted by Crippen LogP contribution is 2.36. The minimum Gasteiger partial charge on any atom is -0.484 e. The second-order valence-corrected chi connectivity index (χ2v) is 5.39. The van der Waals surface area contributed by atoms with E-state index in [1.165, 1.54) is 6.42 Å². The number of nitrogens with two attached hydrogens (primary N) is 1. The molecule has 102 valence electrons. The van der Waals surface area contributed by atoms with E-state index in [9.17, 15) is 4.79 Å². The van der Waals surface area contributed by atoms with Crippen LogP contribution in [0.15, 0.2) is 24.3 Å². The molecule has 3 N–H and O–H groups in total. The zero-order valence-electron chi connectivity index (χ0n) is 10.9. The molecule has 2 unspecified atom stereocenters. The molecule has 0 spiro atoms. The maximum absolute atomic E-state index is 11.6. The van der Waals surface area contributed by atoms with E-state index in [0.717, 1.165) is 18.0 Å². The third-order valence-electron chi connectivity index (χ3n) is 3.35. The van der Waals surface area contributed by atoms with Crippen LogP contribution in [-0.4, -0.2) is 24.0 Å². The second-order valence-electron chi connectivity index (χ2n) is 4.95. The van der Waals surface area contributed by atoms with E-state index in [4.69, 9.17) is 22.7 Å². The monoisotopic (exact) mass is 278 g/mol. The van der Waals surface area contributed by atoms with Crippen molar-refractivity contribution in [1.82, 2.24) is 5.32 Å². The van der Waals surface area contributed by atoms with Crippen molar-refractivity contribution < 1.29 is 9.53 Å². The Labute approximate surface area is 118 Å². The Morgan fingerprint density at radius 1 is 1.47 bits per heavy atom. The summed E-state index contributed by atoms with van der Waals surface area (Å²) < 4.78 is 5.39. The van der Waals surface area contributed by atoms with Gasteiger partial charge in [-0.1, -0.05) is 19.1 Å². The molecule has 0 bridgehead atoms. The van der Waals surface area contributed by atoms with Crippen LogP contribution in [0.1, 0.15) is 18.9 Å². The normalized spacial score (nSPS) is 20.7. The van der Waals surface area contributed by atoms with Crippen molar-refractivity contribution in [1.29, 1.82) is 0 Å². The maximum atomic E-state index is 11.6. The van der Waals surface area contributed by atoms with Gasteiger partial charge in [0.05, 0.1) is 0 Å². The standard InChI is InChI=1S/C14H18N2O2S/c1-9-6-11(9)7-16-13(17)8-18-12-4-2-10(3-5-12)14(15)19/h2-5,9,11H,6-8H2,1H3,(H2,15,19)(H,16,17). The summed E-state index contributed by atoms with van der Waals surface area (Å²) in [6, 6.07) is 7.07. The van der Waals surface area contributed by atoms with Gasteiger partial charge < -0.3 is 15.8 Å². The van der Waals surface area contributed by atoms with Gasteiger partial charge in [-0.3, -0.25) is 4.79 Å². The molecule has 2 rings (SSSR count). The van der Waals surface area contributed by atoms with Crippen LogP contribution in [0.2, 0.25) is 0 Å². The highest BCUT2D eigenvalue weighted by Gasteiger charge is 2.32. The summed E-state index contributed by atoms with van der Waals surface area (Å²) in [5, 5.41) is 2.87. The highest BCUT2D eigenvalue weighted by molar-refractivity contribution is 7.80. The van der Waals surface area contributed by atoms with Crippen LogP contribution in [0, 0.1) is 11.8 Å². The third-order valence-corrected chi connectivity index (χ3v) is 3.58. The second kappa shape index (κ2) is 6.02. The van der Waals surface area contributed by atoms with Crippen LogP contribution in [0.25, 0.3) is 0 Å². The lowest BCUT2D eigenvalue weighted by Gasteiger charge is -2.07. The Morgan fingerprint density at radius 3 is 2.63 bits per heavy atom. The van der Waals surface area contributed by atoms with E-state index >= 15 is 0 Å². The predicted octanol–water partition coefficient (Wildman–Crippen LogP) is 1.47. The van der Waals surface area contributed by atoms with Gasteiger partial charge in [0.2, 0.25) is 0 Å². The van der Waals surface area contributed by atoms with Crippen LogP contribution < -0.4 is 15.8 Å². The molecule has 5 heteroatoms. The fraction of sp³-hybridized carbons (Fsp3) is 0.429. The first-order valence-electron chi connectivity index (χ1n) is 6.35. The van der Waals surface area contributed by atoms with E-state index in [1.807, 2.05) is 0 Å². The SMILES string of the molecule is CC1CC1CNC(=O)COc1ccc(C(N)=S)cc1. The van der Waals surface area contributed by atoms with Crippen LogP contribution in [0.4, 0.5) is 0 Å². The molecular weight excluding hydrogens is 260 g/mol. The summed E-state index contributed by atoms with van der Waals surface area (Å²) in [5.41, 5.74) is 6.28. The van der Waals surface area contributed by atoms with Crippen molar-refractivity contribution in [3.63, 3.8) is 0 Å². The van der Waals surface area contributed by atoms with Gasteiger partial charge in [0, 0.05) is 12.1 Å². The summed E-state index contributed by atoms with van der Waals surface area (Å²) in [6.07, 6.45) is 1.21. The Kier molecular flexibility index (Phi) is 4.37. The van der Waals surface area contributed by atoms with Crippen molar-refractivity contribution in [2.45, 2.75) is 13.3 Å². The van der Waals surface area contributed by atoms with Crippen LogP contribution in [0.3, 0.4) is 0 Å². The molecule has 1 aliphatic carbocycles. The Morgan fingerprint density at radius 2 is 2.11 bits per heavy atom. The van der Waals surface area contributed by atoms with E-state index in [1.54, 1.807) is 24.3 Å². The molecule has 19 heavy (non-hydrogen) atoms. The number of rotatable bonds is 6.